The minimum atomic E-state index is 0.737. The highest BCUT2D eigenvalue weighted by molar-refractivity contribution is 5.27. The van der Waals surface area contributed by atoms with Crippen molar-refractivity contribution in [2.24, 2.45) is 0 Å². The molecule has 0 spiro atoms. The summed E-state index contributed by atoms with van der Waals surface area (Å²) in [7, 11) is 0. The quantitative estimate of drug-likeness (QED) is 0.519. The first-order valence-corrected chi connectivity index (χ1v) is 4.71. The summed E-state index contributed by atoms with van der Waals surface area (Å²) in [6.07, 6.45) is 4.20. The first kappa shape index (κ1) is 7.35. The number of hydrogen-bond donors (Lipinski definition) is 0. The number of rotatable bonds is 1. The fraction of sp³-hybridized carbons (Fsp3) is 0.800. The third kappa shape index (κ3) is 1.22. The van der Waals surface area contributed by atoms with E-state index in [1.807, 2.05) is 0 Å². The Bertz CT molecular complexity index is 175. The van der Waals surface area contributed by atoms with Crippen molar-refractivity contribution in [1.82, 2.24) is 4.90 Å². The first-order chi connectivity index (χ1) is 5.27. The summed E-state index contributed by atoms with van der Waals surface area (Å²) in [4.78, 5) is 2.57. The largest absolute Gasteiger partial charge is 0.293 e. The van der Waals surface area contributed by atoms with Crippen LogP contribution in [0.5, 0.6) is 0 Å². The molecule has 62 valence electrons. The molecule has 11 heavy (non-hydrogen) atoms. The SMILES string of the molecule is CC(C)N1CC2=C(CCC2)C1. The Morgan fingerprint density at radius 3 is 2.09 bits per heavy atom. The van der Waals surface area contributed by atoms with Gasteiger partial charge in [-0.1, -0.05) is 11.1 Å². The van der Waals surface area contributed by atoms with Crippen LogP contribution in [-0.4, -0.2) is 24.0 Å². The molecule has 1 aliphatic heterocycles. The lowest BCUT2D eigenvalue weighted by Crippen LogP contribution is -2.29. The number of likely N-dealkylation sites (tertiary alicyclic amines) is 1. The van der Waals surface area contributed by atoms with E-state index in [1.54, 1.807) is 11.1 Å². The molecule has 0 fully saturated rings. The number of hydrogen-bond acceptors (Lipinski definition) is 1. The van der Waals surface area contributed by atoms with Crippen LogP contribution in [0.2, 0.25) is 0 Å². The van der Waals surface area contributed by atoms with Gasteiger partial charge in [-0.15, -0.1) is 0 Å². The van der Waals surface area contributed by atoms with Crippen molar-refractivity contribution in [3.8, 4) is 0 Å². The zero-order valence-corrected chi connectivity index (χ0v) is 7.56. The van der Waals surface area contributed by atoms with Crippen LogP contribution < -0.4 is 0 Å². The third-order valence-corrected chi connectivity index (χ3v) is 2.98. The summed E-state index contributed by atoms with van der Waals surface area (Å²) in [5.41, 5.74) is 3.53. The monoisotopic (exact) mass is 151 g/mol. The van der Waals surface area contributed by atoms with Gasteiger partial charge in [0.15, 0.2) is 0 Å². The molecule has 2 aliphatic rings. The lowest BCUT2D eigenvalue weighted by molar-refractivity contribution is 0.275. The Balaban J connectivity index is 2.01. The Morgan fingerprint density at radius 2 is 1.64 bits per heavy atom. The highest BCUT2D eigenvalue weighted by Gasteiger charge is 2.26. The average molecular weight is 151 g/mol. The topological polar surface area (TPSA) is 3.24 Å². The zero-order chi connectivity index (χ0) is 7.84. The highest BCUT2D eigenvalue weighted by Crippen LogP contribution is 2.32. The van der Waals surface area contributed by atoms with Gasteiger partial charge in [0.05, 0.1) is 0 Å². The van der Waals surface area contributed by atoms with Crippen LogP contribution in [0.1, 0.15) is 33.1 Å². The van der Waals surface area contributed by atoms with Crippen LogP contribution in [0.4, 0.5) is 0 Å². The zero-order valence-electron chi connectivity index (χ0n) is 7.56. The van der Waals surface area contributed by atoms with E-state index < -0.39 is 0 Å². The van der Waals surface area contributed by atoms with Crippen LogP contribution in [0.3, 0.4) is 0 Å². The Kier molecular flexibility index (Phi) is 1.76. The normalized spacial score (nSPS) is 25.4. The second-order valence-electron chi connectivity index (χ2n) is 4.06. The predicted molar refractivity (Wildman–Crippen MR) is 47.6 cm³/mol. The predicted octanol–water partition coefficient (Wildman–Crippen LogP) is 2.19. The molecule has 1 nitrogen and oxygen atoms in total. The summed E-state index contributed by atoms with van der Waals surface area (Å²) in [5, 5.41) is 0. The Labute approximate surface area is 69.1 Å². The smallest absolute Gasteiger partial charge is 0.0202 e. The van der Waals surface area contributed by atoms with E-state index in [1.165, 1.54) is 32.4 Å². The van der Waals surface area contributed by atoms with Crippen molar-refractivity contribution in [1.29, 1.82) is 0 Å². The van der Waals surface area contributed by atoms with Gasteiger partial charge in [-0.05, 0) is 33.1 Å². The second kappa shape index (κ2) is 2.63. The van der Waals surface area contributed by atoms with E-state index in [0.29, 0.717) is 0 Å². The van der Waals surface area contributed by atoms with E-state index in [-0.39, 0.29) is 0 Å². The molecule has 0 atom stereocenters. The molecule has 1 heterocycles. The molecule has 2 rings (SSSR count). The molecule has 0 saturated carbocycles. The van der Waals surface area contributed by atoms with Gasteiger partial charge in [0.25, 0.3) is 0 Å². The minimum absolute atomic E-state index is 0.737. The lowest BCUT2D eigenvalue weighted by Gasteiger charge is -2.21. The van der Waals surface area contributed by atoms with Gasteiger partial charge in [-0.25, -0.2) is 0 Å². The van der Waals surface area contributed by atoms with Crippen LogP contribution >= 0.6 is 0 Å². The third-order valence-electron chi connectivity index (χ3n) is 2.98. The summed E-state index contributed by atoms with van der Waals surface area (Å²) in [6, 6.07) is 0.737. The van der Waals surface area contributed by atoms with Crippen molar-refractivity contribution in [2.75, 3.05) is 13.1 Å². The second-order valence-corrected chi connectivity index (χ2v) is 4.06. The molecule has 0 radical (unpaired) electrons. The molecule has 0 aromatic carbocycles. The van der Waals surface area contributed by atoms with Gasteiger partial charge in [0.1, 0.15) is 0 Å². The van der Waals surface area contributed by atoms with Crippen molar-refractivity contribution in [2.45, 2.75) is 39.2 Å². The Hall–Kier alpha value is -0.300. The van der Waals surface area contributed by atoms with Crippen molar-refractivity contribution in [3.05, 3.63) is 11.1 Å². The summed E-state index contributed by atoms with van der Waals surface area (Å²) >= 11 is 0. The molecule has 0 amide bonds. The van der Waals surface area contributed by atoms with Crippen molar-refractivity contribution < 1.29 is 0 Å². The lowest BCUT2D eigenvalue weighted by atomic mass is 10.2. The van der Waals surface area contributed by atoms with Gasteiger partial charge >= 0.3 is 0 Å². The van der Waals surface area contributed by atoms with Crippen LogP contribution in [0.15, 0.2) is 11.1 Å². The molecule has 0 saturated heterocycles. The molecule has 1 aliphatic carbocycles. The van der Waals surface area contributed by atoms with Crippen molar-refractivity contribution >= 4 is 0 Å². The fourth-order valence-electron chi connectivity index (χ4n) is 2.16. The van der Waals surface area contributed by atoms with Crippen LogP contribution in [-0.2, 0) is 0 Å². The van der Waals surface area contributed by atoms with Gasteiger partial charge in [0, 0.05) is 19.1 Å². The molecule has 1 heteroatoms. The minimum Gasteiger partial charge on any atom is -0.293 e. The Morgan fingerprint density at radius 1 is 1.09 bits per heavy atom. The van der Waals surface area contributed by atoms with E-state index in [4.69, 9.17) is 0 Å². The average Bonchev–Trinajstić information content (AvgIpc) is 2.40. The maximum absolute atomic E-state index is 2.57. The van der Waals surface area contributed by atoms with Crippen molar-refractivity contribution in [3.63, 3.8) is 0 Å². The molecule has 0 bridgehead atoms. The molecule has 0 aromatic rings. The van der Waals surface area contributed by atoms with Crippen LogP contribution in [0, 0.1) is 0 Å². The molecular formula is C10H17N. The van der Waals surface area contributed by atoms with E-state index in [9.17, 15) is 0 Å². The van der Waals surface area contributed by atoms with E-state index in [2.05, 4.69) is 18.7 Å². The van der Waals surface area contributed by atoms with Gasteiger partial charge in [0.2, 0.25) is 0 Å². The van der Waals surface area contributed by atoms with Crippen LogP contribution in [0.25, 0.3) is 0 Å². The van der Waals surface area contributed by atoms with Gasteiger partial charge < -0.3 is 0 Å². The fourth-order valence-corrected chi connectivity index (χ4v) is 2.16. The summed E-state index contributed by atoms with van der Waals surface area (Å²) in [5.74, 6) is 0. The standard InChI is InChI=1S/C10H17N/c1-8(2)11-6-9-4-3-5-10(9)7-11/h8H,3-7H2,1-2H3. The molecule has 0 N–H and O–H groups in total. The first-order valence-electron chi connectivity index (χ1n) is 4.71. The number of nitrogens with zero attached hydrogens (tertiary/aromatic N) is 1. The highest BCUT2D eigenvalue weighted by atomic mass is 15.2. The molecular weight excluding hydrogens is 134 g/mol. The van der Waals surface area contributed by atoms with Gasteiger partial charge in [-0.2, -0.15) is 0 Å². The molecule has 0 aromatic heterocycles. The molecule has 0 unspecified atom stereocenters. The maximum atomic E-state index is 2.57. The van der Waals surface area contributed by atoms with Gasteiger partial charge in [-0.3, -0.25) is 4.90 Å². The maximum Gasteiger partial charge on any atom is 0.0202 e. The van der Waals surface area contributed by atoms with E-state index >= 15 is 0 Å². The van der Waals surface area contributed by atoms with E-state index in [0.717, 1.165) is 6.04 Å². The summed E-state index contributed by atoms with van der Waals surface area (Å²) < 4.78 is 0. The summed E-state index contributed by atoms with van der Waals surface area (Å²) in [6.45, 7) is 7.13.